The van der Waals surface area contributed by atoms with Gasteiger partial charge in [0.2, 0.25) is 5.69 Å². The summed E-state index contributed by atoms with van der Waals surface area (Å²) < 4.78 is 2.13. The molecule has 0 N–H and O–H groups in total. The fourth-order valence-corrected chi connectivity index (χ4v) is 2.91. The fourth-order valence-electron chi connectivity index (χ4n) is 2.91. The second-order valence-corrected chi connectivity index (χ2v) is 5.79. The van der Waals surface area contributed by atoms with Gasteiger partial charge in [0.05, 0.1) is 0 Å². The van der Waals surface area contributed by atoms with E-state index in [1.54, 1.807) is 0 Å². The predicted molar refractivity (Wildman–Crippen MR) is 98.9 cm³/mol. The number of benzene rings is 2. The third-order valence-corrected chi connectivity index (χ3v) is 4.25. The molecule has 116 valence electrons. The molecule has 0 radical (unpaired) electrons. The number of rotatable bonds is 3. The monoisotopic (exact) mass is 311 g/mol. The molecule has 1 aliphatic rings. The zero-order chi connectivity index (χ0) is 16.2. The van der Waals surface area contributed by atoms with Gasteiger partial charge in [-0.2, -0.15) is 4.57 Å². The Kier molecular flexibility index (Phi) is 3.95. The topological polar surface area (TPSA) is 7.12 Å². The van der Waals surface area contributed by atoms with Gasteiger partial charge >= 0.3 is 0 Å². The second-order valence-electron chi connectivity index (χ2n) is 5.79. The Morgan fingerprint density at radius 3 is 2.04 bits per heavy atom. The Bertz CT molecular complexity index is 863. The average molecular weight is 311 g/mol. The first-order valence-electron chi connectivity index (χ1n) is 8.17. The van der Waals surface area contributed by atoms with Gasteiger partial charge in [-0.3, -0.25) is 0 Å². The summed E-state index contributed by atoms with van der Waals surface area (Å²) in [6.07, 6.45) is 10.8. The van der Waals surface area contributed by atoms with Gasteiger partial charge in [-0.05, 0) is 29.3 Å². The molecule has 1 aliphatic heterocycles. The fraction of sp³-hybridized carbons (Fsp3) is 0.0455. The summed E-state index contributed by atoms with van der Waals surface area (Å²) in [5.41, 5.74) is 4.90. The van der Waals surface area contributed by atoms with E-state index >= 15 is 0 Å². The van der Waals surface area contributed by atoms with Crippen LogP contribution < -0.4 is 9.47 Å². The van der Waals surface area contributed by atoms with Gasteiger partial charge in [0.25, 0.3) is 0 Å². The molecule has 0 aliphatic carbocycles. The summed E-state index contributed by atoms with van der Waals surface area (Å²) in [6.45, 7) is 0.892. The molecule has 0 saturated heterocycles. The summed E-state index contributed by atoms with van der Waals surface area (Å²) in [7, 11) is 0. The molecule has 0 atom stereocenters. The molecule has 0 saturated carbocycles. The van der Waals surface area contributed by atoms with E-state index < -0.39 is 0 Å². The molecule has 0 fully saturated rings. The van der Waals surface area contributed by atoms with Crippen molar-refractivity contribution in [3.63, 3.8) is 0 Å². The molecule has 0 bridgehead atoms. The van der Waals surface area contributed by atoms with Crippen molar-refractivity contribution in [3.05, 3.63) is 109 Å². The van der Waals surface area contributed by atoms with Crippen LogP contribution in [-0.4, -0.2) is 6.54 Å². The largest absolute Gasteiger partial charge is 0.344 e. The minimum Gasteiger partial charge on any atom is -0.344 e. The van der Waals surface area contributed by atoms with Gasteiger partial charge in [0.1, 0.15) is 0 Å². The van der Waals surface area contributed by atoms with Crippen LogP contribution in [-0.2, 0) is 0 Å². The Hall–Kier alpha value is -3.13. The molecule has 1 aromatic heterocycles. The van der Waals surface area contributed by atoms with Crippen LogP contribution >= 0.6 is 0 Å². The zero-order valence-corrected chi connectivity index (χ0v) is 13.4. The first-order valence-corrected chi connectivity index (χ1v) is 8.17. The van der Waals surface area contributed by atoms with Crippen LogP contribution in [0.1, 0.15) is 5.56 Å². The Labute approximate surface area is 142 Å². The maximum atomic E-state index is 2.27. The molecule has 2 aromatic carbocycles. The van der Waals surface area contributed by atoms with Crippen molar-refractivity contribution in [2.75, 3.05) is 11.4 Å². The molecule has 2 heteroatoms. The Balaban J connectivity index is 1.51. The van der Waals surface area contributed by atoms with Crippen molar-refractivity contribution in [1.82, 2.24) is 0 Å². The highest BCUT2D eigenvalue weighted by Gasteiger charge is 2.10. The molecule has 3 aromatic rings. The quantitative estimate of drug-likeness (QED) is 0.651. The standard InChI is InChI=1S/C22H19N2/c1-3-7-21(8-4-1)23-15-11-19(12-16-23)20-13-17-24(18-14-20)22-9-5-2-6-10-22/h1-17H,18H2/q+1. The summed E-state index contributed by atoms with van der Waals surface area (Å²) in [5.74, 6) is 0. The van der Waals surface area contributed by atoms with Gasteiger partial charge in [-0.15, -0.1) is 0 Å². The van der Waals surface area contributed by atoms with E-state index in [0.29, 0.717) is 0 Å². The number of hydrogen-bond acceptors (Lipinski definition) is 1. The minimum absolute atomic E-state index is 0.892. The molecule has 0 spiro atoms. The molecule has 2 nitrogen and oxygen atoms in total. The van der Waals surface area contributed by atoms with Crippen molar-refractivity contribution in [3.8, 4) is 5.69 Å². The number of anilines is 1. The molecule has 0 amide bonds. The average Bonchev–Trinajstić information content (AvgIpc) is 2.70. The number of nitrogens with zero attached hydrogens (tertiary/aromatic N) is 2. The lowest BCUT2D eigenvalue weighted by Gasteiger charge is -2.22. The number of aromatic nitrogens is 1. The summed E-state index contributed by atoms with van der Waals surface area (Å²) in [6, 6.07) is 25.2. The number of hydrogen-bond donors (Lipinski definition) is 0. The smallest absolute Gasteiger partial charge is 0.210 e. The van der Waals surface area contributed by atoms with Crippen LogP contribution in [0.2, 0.25) is 0 Å². The highest BCUT2D eigenvalue weighted by molar-refractivity contribution is 5.76. The van der Waals surface area contributed by atoms with Crippen molar-refractivity contribution >= 4 is 11.3 Å². The second kappa shape index (κ2) is 6.55. The maximum absolute atomic E-state index is 2.27. The van der Waals surface area contributed by atoms with Gasteiger partial charge in [0.15, 0.2) is 12.4 Å². The van der Waals surface area contributed by atoms with E-state index in [-0.39, 0.29) is 0 Å². The molecule has 4 rings (SSSR count). The van der Waals surface area contributed by atoms with Crippen molar-refractivity contribution in [2.24, 2.45) is 0 Å². The van der Waals surface area contributed by atoms with E-state index in [1.165, 1.54) is 22.5 Å². The molecule has 2 heterocycles. The number of para-hydroxylation sites is 2. The first-order chi connectivity index (χ1) is 11.9. The zero-order valence-electron chi connectivity index (χ0n) is 13.4. The van der Waals surface area contributed by atoms with Crippen molar-refractivity contribution in [2.45, 2.75) is 0 Å². The minimum atomic E-state index is 0.892. The van der Waals surface area contributed by atoms with Crippen molar-refractivity contribution < 1.29 is 4.57 Å². The van der Waals surface area contributed by atoms with Gasteiger partial charge < -0.3 is 4.90 Å². The summed E-state index contributed by atoms with van der Waals surface area (Å²) in [4.78, 5) is 2.25. The third kappa shape index (κ3) is 2.99. The van der Waals surface area contributed by atoms with Gasteiger partial charge in [-0.1, -0.05) is 42.5 Å². The lowest BCUT2D eigenvalue weighted by atomic mass is 10.0. The van der Waals surface area contributed by atoms with E-state index in [0.717, 1.165) is 6.54 Å². The van der Waals surface area contributed by atoms with E-state index in [4.69, 9.17) is 0 Å². The first kappa shape index (κ1) is 14.5. The van der Waals surface area contributed by atoms with Crippen LogP contribution in [0.5, 0.6) is 0 Å². The van der Waals surface area contributed by atoms with Gasteiger partial charge in [0, 0.05) is 42.7 Å². The van der Waals surface area contributed by atoms with Crippen molar-refractivity contribution in [1.29, 1.82) is 0 Å². The van der Waals surface area contributed by atoms with E-state index in [9.17, 15) is 0 Å². The van der Waals surface area contributed by atoms with Gasteiger partial charge in [-0.25, -0.2) is 0 Å². The number of allylic oxidation sites excluding steroid dienone is 2. The van der Waals surface area contributed by atoms with Crippen LogP contribution in [0.25, 0.3) is 11.3 Å². The summed E-state index contributed by atoms with van der Waals surface area (Å²) in [5, 5.41) is 0. The van der Waals surface area contributed by atoms with Crippen LogP contribution in [0, 0.1) is 0 Å². The molecule has 24 heavy (non-hydrogen) atoms. The maximum Gasteiger partial charge on any atom is 0.210 e. The Morgan fingerprint density at radius 1 is 0.750 bits per heavy atom. The lowest BCUT2D eigenvalue weighted by molar-refractivity contribution is -0.595. The third-order valence-electron chi connectivity index (χ3n) is 4.25. The number of pyridine rings is 1. The molecular weight excluding hydrogens is 292 g/mol. The predicted octanol–water partition coefficient (Wildman–Crippen LogP) is 4.38. The normalized spacial score (nSPS) is 13.7. The van der Waals surface area contributed by atoms with E-state index in [2.05, 4.69) is 101 Å². The van der Waals surface area contributed by atoms with Crippen LogP contribution in [0.4, 0.5) is 5.69 Å². The lowest BCUT2D eigenvalue weighted by Crippen LogP contribution is -2.29. The highest BCUT2D eigenvalue weighted by Crippen LogP contribution is 2.22. The van der Waals surface area contributed by atoms with Crippen LogP contribution in [0.3, 0.4) is 0 Å². The molecule has 0 unspecified atom stereocenters. The van der Waals surface area contributed by atoms with Crippen LogP contribution in [0.15, 0.2) is 104 Å². The highest BCUT2D eigenvalue weighted by atomic mass is 15.1. The van der Waals surface area contributed by atoms with E-state index in [1.807, 2.05) is 12.1 Å². The molecular formula is C22H19N2+. The Morgan fingerprint density at radius 2 is 1.42 bits per heavy atom. The summed E-state index contributed by atoms with van der Waals surface area (Å²) >= 11 is 0. The SMILES string of the molecule is C1=CN(c2ccccc2)CC=C1c1cc[n+](-c2ccccc2)cc1.